The molecular weight excluding hydrogens is 328 g/mol. The van der Waals surface area contributed by atoms with Crippen molar-refractivity contribution in [2.75, 3.05) is 0 Å². The van der Waals surface area contributed by atoms with Crippen LogP contribution in [0.4, 0.5) is 4.79 Å². The van der Waals surface area contributed by atoms with Crippen LogP contribution in [0, 0.1) is 26.7 Å². The Labute approximate surface area is 155 Å². The van der Waals surface area contributed by atoms with Gasteiger partial charge in [0.15, 0.2) is 5.78 Å². The Morgan fingerprint density at radius 3 is 2.54 bits per heavy atom. The Hall–Kier alpha value is -2.17. The summed E-state index contributed by atoms with van der Waals surface area (Å²) >= 11 is 0. The summed E-state index contributed by atoms with van der Waals surface area (Å²) in [5.74, 6) is 0.0416. The van der Waals surface area contributed by atoms with Gasteiger partial charge >= 0.3 is 6.03 Å². The van der Waals surface area contributed by atoms with Gasteiger partial charge in [0.1, 0.15) is 5.54 Å². The second-order valence-corrected chi connectivity index (χ2v) is 7.98. The summed E-state index contributed by atoms with van der Waals surface area (Å²) in [5.41, 5.74) is 3.65. The van der Waals surface area contributed by atoms with Gasteiger partial charge in [0.05, 0.1) is 6.54 Å². The topological polar surface area (TPSA) is 66.5 Å². The van der Waals surface area contributed by atoms with E-state index in [0.29, 0.717) is 12.0 Å². The molecule has 2 fully saturated rings. The van der Waals surface area contributed by atoms with Crippen LogP contribution >= 0.6 is 0 Å². The minimum atomic E-state index is -0.745. The number of hydrogen-bond donors (Lipinski definition) is 1. The Balaban J connectivity index is 1.97. The average molecular weight is 356 g/mol. The molecule has 1 aromatic rings. The minimum absolute atomic E-state index is 0.0100. The number of aryl methyl sites for hydroxylation is 2. The van der Waals surface area contributed by atoms with Crippen LogP contribution in [0.25, 0.3) is 0 Å². The van der Waals surface area contributed by atoms with E-state index in [1.807, 2.05) is 26.8 Å². The largest absolute Gasteiger partial charge is 0.325 e. The smallest absolute Gasteiger partial charge is 0.323 e. The van der Waals surface area contributed by atoms with E-state index >= 15 is 0 Å². The van der Waals surface area contributed by atoms with Crippen molar-refractivity contribution in [2.45, 2.75) is 72.4 Å². The molecule has 2 atom stereocenters. The normalized spacial score (nSPS) is 25.7. The summed E-state index contributed by atoms with van der Waals surface area (Å²) in [6.07, 6.45) is 3.72. The quantitative estimate of drug-likeness (QED) is 0.661. The van der Waals surface area contributed by atoms with Gasteiger partial charge in [0.25, 0.3) is 5.91 Å². The van der Waals surface area contributed by atoms with Gasteiger partial charge in [0.2, 0.25) is 0 Å². The summed E-state index contributed by atoms with van der Waals surface area (Å²) in [4.78, 5) is 39.2. The molecule has 140 valence electrons. The Morgan fingerprint density at radius 2 is 1.92 bits per heavy atom. The average Bonchev–Trinajstić information content (AvgIpc) is 2.78. The number of carbonyl (C=O) groups excluding carboxylic acids is 3. The number of rotatable bonds is 3. The highest BCUT2D eigenvalue weighted by molar-refractivity contribution is 6.07. The number of urea groups is 1. The van der Waals surface area contributed by atoms with E-state index in [-0.39, 0.29) is 30.2 Å². The van der Waals surface area contributed by atoms with Gasteiger partial charge in [0, 0.05) is 5.56 Å². The van der Waals surface area contributed by atoms with Crippen molar-refractivity contribution in [3.63, 3.8) is 0 Å². The van der Waals surface area contributed by atoms with Crippen LogP contribution in [-0.2, 0) is 11.3 Å². The molecule has 5 heteroatoms. The lowest BCUT2D eigenvalue weighted by molar-refractivity contribution is -0.134. The van der Waals surface area contributed by atoms with Crippen LogP contribution in [0.3, 0.4) is 0 Å². The molecule has 3 rings (SSSR count). The molecular formula is C21H28N2O3. The van der Waals surface area contributed by atoms with Gasteiger partial charge < -0.3 is 5.32 Å². The predicted molar refractivity (Wildman–Crippen MR) is 100 cm³/mol. The fourth-order valence-corrected chi connectivity index (χ4v) is 4.81. The van der Waals surface area contributed by atoms with E-state index in [4.69, 9.17) is 0 Å². The maximum Gasteiger partial charge on any atom is 0.325 e. The highest BCUT2D eigenvalue weighted by Gasteiger charge is 2.54. The van der Waals surface area contributed by atoms with Gasteiger partial charge in [-0.05, 0) is 68.7 Å². The van der Waals surface area contributed by atoms with E-state index < -0.39 is 5.54 Å². The van der Waals surface area contributed by atoms with Gasteiger partial charge in [-0.15, -0.1) is 0 Å². The van der Waals surface area contributed by atoms with Crippen molar-refractivity contribution >= 4 is 17.7 Å². The zero-order valence-electron chi connectivity index (χ0n) is 16.4. The fraction of sp³-hybridized carbons (Fsp3) is 0.571. The molecule has 0 aromatic heterocycles. The molecule has 1 saturated heterocycles. The van der Waals surface area contributed by atoms with Crippen LogP contribution in [0.5, 0.6) is 0 Å². The van der Waals surface area contributed by atoms with Gasteiger partial charge in [-0.1, -0.05) is 25.8 Å². The minimum Gasteiger partial charge on any atom is -0.323 e. The number of nitrogens with one attached hydrogen (secondary N) is 1. The lowest BCUT2D eigenvalue weighted by Gasteiger charge is -2.36. The molecule has 0 bridgehead atoms. The summed E-state index contributed by atoms with van der Waals surface area (Å²) in [7, 11) is 0. The second kappa shape index (κ2) is 6.53. The van der Waals surface area contributed by atoms with Crippen LogP contribution in [-0.4, -0.2) is 28.2 Å². The summed E-state index contributed by atoms with van der Waals surface area (Å²) in [6, 6.07) is 1.66. The number of nitrogens with zero attached hydrogens (tertiary/aromatic N) is 1. The van der Waals surface area contributed by atoms with E-state index in [0.717, 1.165) is 41.5 Å². The first kappa shape index (κ1) is 18.6. The van der Waals surface area contributed by atoms with Gasteiger partial charge in [-0.25, -0.2) is 4.79 Å². The van der Waals surface area contributed by atoms with E-state index in [9.17, 15) is 14.4 Å². The zero-order valence-corrected chi connectivity index (χ0v) is 16.4. The third kappa shape index (κ3) is 2.74. The highest BCUT2D eigenvalue weighted by Crippen LogP contribution is 2.39. The number of ketones is 1. The number of hydrogen-bond acceptors (Lipinski definition) is 3. The number of carbonyl (C=O) groups is 3. The van der Waals surface area contributed by atoms with Crippen LogP contribution in [0.1, 0.15) is 72.1 Å². The first-order chi connectivity index (χ1) is 12.2. The lowest BCUT2D eigenvalue weighted by atomic mass is 9.73. The number of Topliss-reactive ketones (excluding diaryl/α,β-unsaturated/α-hetero) is 1. The standard InChI is InChI=1S/C21H28N2O3/c1-12-10-13(2)18(16(5)24)15(4)17(12)11-23-19(25)21(22-20(23)26)9-7-6-8-14(21)3/h10,14H,6-9,11H2,1-5H3,(H,22,26). The third-order valence-electron chi connectivity index (χ3n) is 6.30. The maximum atomic E-state index is 13.2. The molecule has 1 heterocycles. The maximum absolute atomic E-state index is 13.2. The van der Waals surface area contributed by atoms with Crippen molar-refractivity contribution in [3.8, 4) is 0 Å². The summed E-state index contributed by atoms with van der Waals surface area (Å²) in [5, 5.41) is 3.00. The van der Waals surface area contributed by atoms with Gasteiger partial charge in [-0.3, -0.25) is 14.5 Å². The molecule has 1 N–H and O–H groups in total. The first-order valence-corrected chi connectivity index (χ1v) is 9.43. The zero-order chi connectivity index (χ0) is 19.2. The Morgan fingerprint density at radius 1 is 1.23 bits per heavy atom. The molecule has 5 nitrogen and oxygen atoms in total. The first-order valence-electron chi connectivity index (χ1n) is 9.43. The molecule has 3 amide bonds. The Bertz CT molecular complexity index is 799. The molecule has 1 aliphatic heterocycles. The van der Waals surface area contributed by atoms with Crippen molar-refractivity contribution in [1.82, 2.24) is 10.2 Å². The van der Waals surface area contributed by atoms with Crippen LogP contribution in [0.15, 0.2) is 6.07 Å². The molecule has 1 saturated carbocycles. The molecule has 1 aromatic carbocycles. The molecule has 2 unspecified atom stereocenters. The van der Waals surface area contributed by atoms with Gasteiger partial charge in [-0.2, -0.15) is 0 Å². The van der Waals surface area contributed by atoms with Crippen LogP contribution in [0.2, 0.25) is 0 Å². The second-order valence-electron chi connectivity index (χ2n) is 7.98. The highest BCUT2D eigenvalue weighted by atomic mass is 16.2. The Kier molecular flexibility index (Phi) is 4.67. The predicted octanol–water partition coefficient (Wildman–Crippen LogP) is 3.82. The summed E-state index contributed by atoms with van der Waals surface area (Å²) in [6.45, 7) is 9.63. The number of benzene rings is 1. The van der Waals surface area contributed by atoms with Crippen molar-refractivity contribution < 1.29 is 14.4 Å². The lowest BCUT2D eigenvalue weighted by Crippen LogP contribution is -2.53. The number of imide groups is 1. The molecule has 1 spiro atoms. The summed E-state index contributed by atoms with van der Waals surface area (Å²) < 4.78 is 0. The molecule has 2 aliphatic rings. The van der Waals surface area contributed by atoms with E-state index in [2.05, 4.69) is 12.2 Å². The third-order valence-corrected chi connectivity index (χ3v) is 6.30. The SMILES string of the molecule is CC(=O)c1c(C)cc(C)c(CN2C(=O)NC3(CCCCC3C)C2=O)c1C. The molecule has 26 heavy (non-hydrogen) atoms. The monoisotopic (exact) mass is 356 g/mol. The molecule has 1 aliphatic carbocycles. The fourth-order valence-electron chi connectivity index (χ4n) is 4.81. The van der Waals surface area contributed by atoms with Crippen molar-refractivity contribution in [1.29, 1.82) is 0 Å². The van der Waals surface area contributed by atoms with Crippen molar-refractivity contribution in [2.24, 2.45) is 5.92 Å². The van der Waals surface area contributed by atoms with E-state index in [1.54, 1.807) is 6.92 Å². The van der Waals surface area contributed by atoms with Crippen molar-refractivity contribution in [3.05, 3.63) is 33.9 Å². The molecule has 0 radical (unpaired) electrons. The van der Waals surface area contributed by atoms with Crippen LogP contribution < -0.4 is 5.32 Å². The number of amides is 3. The van der Waals surface area contributed by atoms with E-state index in [1.165, 1.54) is 4.90 Å².